The highest BCUT2D eigenvalue weighted by Crippen LogP contribution is 2.36. The van der Waals surface area contributed by atoms with Gasteiger partial charge in [-0.15, -0.1) is 0 Å². The number of ether oxygens (including phenoxy) is 2. The van der Waals surface area contributed by atoms with Crippen molar-refractivity contribution in [1.82, 2.24) is 5.32 Å². The fourth-order valence-electron chi connectivity index (χ4n) is 2.72. The third kappa shape index (κ3) is 4.21. The monoisotopic (exact) mass is 291 g/mol. The van der Waals surface area contributed by atoms with Crippen molar-refractivity contribution in [2.75, 3.05) is 19.8 Å². The largest absolute Gasteiger partial charge is 0.482 e. The summed E-state index contributed by atoms with van der Waals surface area (Å²) >= 11 is 0. The Balaban J connectivity index is 1.91. The SMILES string of the molecule is CCCCOC(=O)COc1cccc2c1CCC2NCC. The Morgan fingerprint density at radius 2 is 2.24 bits per heavy atom. The first-order valence-corrected chi connectivity index (χ1v) is 7.89. The molecule has 116 valence electrons. The van der Waals surface area contributed by atoms with Gasteiger partial charge in [0.1, 0.15) is 5.75 Å². The first kappa shape index (κ1) is 15.8. The van der Waals surface area contributed by atoms with Gasteiger partial charge in [-0.2, -0.15) is 0 Å². The van der Waals surface area contributed by atoms with Crippen molar-refractivity contribution >= 4 is 5.97 Å². The van der Waals surface area contributed by atoms with E-state index < -0.39 is 0 Å². The van der Waals surface area contributed by atoms with Crippen LogP contribution in [0.2, 0.25) is 0 Å². The van der Waals surface area contributed by atoms with Crippen LogP contribution in [-0.2, 0) is 16.0 Å². The molecule has 0 aromatic heterocycles. The van der Waals surface area contributed by atoms with Crippen molar-refractivity contribution in [3.8, 4) is 5.75 Å². The lowest BCUT2D eigenvalue weighted by Gasteiger charge is -2.14. The Kier molecular flexibility index (Phi) is 6.05. The molecule has 1 aliphatic carbocycles. The van der Waals surface area contributed by atoms with Crippen LogP contribution in [0.5, 0.6) is 5.75 Å². The Bertz CT molecular complexity index is 473. The molecular formula is C17H25NO3. The molecule has 0 fully saturated rings. The number of fused-ring (bicyclic) bond motifs is 1. The number of benzene rings is 1. The zero-order valence-corrected chi connectivity index (χ0v) is 13.0. The number of carbonyl (C=O) groups excluding carboxylic acids is 1. The summed E-state index contributed by atoms with van der Waals surface area (Å²) in [4.78, 5) is 11.6. The molecule has 4 heteroatoms. The standard InChI is InChI=1S/C17H25NO3/c1-3-5-11-20-17(19)12-21-16-8-6-7-13-14(16)9-10-15(13)18-4-2/h6-8,15,18H,3-5,9-12H2,1-2H3. The lowest BCUT2D eigenvalue weighted by molar-refractivity contribution is -0.146. The normalized spacial score (nSPS) is 16.6. The smallest absolute Gasteiger partial charge is 0.344 e. The maximum absolute atomic E-state index is 11.6. The van der Waals surface area contributed by atoms with Crippen LogP contribution in [0, 0.1) is 0 Å². The molecule has 0 radical (unpaired) electrons. The molecule has 0 amide bonds. The molecule has 1 aromatic rings. The van der Waals surface area contributed by atoms with Gasteiger partial charge in [-0.25, -0.2) is 4.79 Å². The number of carbonyl (C=O) groups is 1. The van der Waals surface area contributed by atoms with Crippen LogP contribution < -0.4 is 10.1 Å². The zero-order chi connectivity index (χ0) is 15.1. The molecule has 0 aliphatic heterocycles. The van der Waals surface area contributed by atoms with E-state index in [2.05, 4.69) is 25.2 Å². The van der Waals surface area contributed by atoms with Crippen molar-refractivity contribution in [2.24, 2.45) is 0 Å². The third-order valence-corrected chi connectivity index (χ3v) is 3.78. The minimum atomic E-state index is -0.290. The van der Waals surface area contributed by atoms with Crippen molar-refractivity contribution in [1.29, 1.82) is 0 Å². The molecule has 0 saturated heterocycles. The van der Waals surface area contributed by atoms with Crippen molar-refractivity contribution in [3.05, 3.63) is 29.3 Å². The van der Waals surface area contributed by atoms with Gasteiger partial charge in [0.15, 0.2) is 6.61 Å². The predicted molar refractivity (Wildman–Crippen MR) is 82.5 cm³/mol. The van der Waals surface area contributed by atoms with E-state index in [0.717, 1.165) is 38.0 Å². The van der Waals surface area contributed by atoms with Crippen LogP contribution in [-0.4, -0.2) is 25.7 Å². The first-order chi connectivity index (χ1) is 10.3. The van der Waals surface area contributed by atoms with Crippen molar-refractivity contribution < 1.29 is 14.3 Å². The number of unbranched alkanes of at least 4 members (excludes halogenated alkanes) is 1. The Labute approximate surface area is 126 Å². The molecule has 0 bridgehead atoms. The number of hydrogen-bond donors (Lipinski definition) is 1. The quantitative estimate of drug-likeness (QED) is 0.591. The van der Waals surface area contributed by atoms with Gasteiger partial charge in [-0.05, 0) is 43.0 Å². The van der Waals surface area contributed by atoms with E-state index in [0.29, 0.717) is 12.6 Å². The van der Waals surface area contributed by atoms with E-state index >= 15 is 0 Å². The molecule has 1 unspecified atom stereocenters. The molecule has 1 N–H and O–H groups in total. The van der Waals surface area contributed by atoms with Gasteiger partial charge in [-0.1, -0.05) is 32.4 Å². The summed E-state index contributed by atoms with van der Waals surface area (Å²) in [6.07, 6.45) is 4.00. The summed E-state index contributed by atoms with van der Waals surface area (Å²) in [6.45, 7) is 5.61. The molecule has 0 spiro atoms. The lowest BCUT2D eigenvalue weighted by Crippen LogP contribution is -2.18. The van der Waals surface area contributed by atoms with Crippen LogP contribution in [0.15, 0.2) is 18.2 Å². The fourth-order valence-corrected chi connectivity index (χ4v) is 2.72. The second-order valence-electron chi connectivity index (χ2n) is 5.34. The molecule has 1 aliphatic rings. The van der Waals surface area contributed by atoms with Crippen LogP contribution in [0.1, 0.15) is 50.3 Å². The van der Waals surface area contributed by atoms with Gasteiger partial charge < -0.3 is 14.8 Å². The minimum absolute atomic E-state index is 0.00790. The molecule has 0 heterocycles. The van der Waals surface area contributed by atoms with Gasteiger partial charge >= 0.3 is 5.97 Å². The second-order valence-corrected chi connectivity index (χ2v) is 5.34. The van der Waals surface area contributed by atoms with E-state index in [1.54, 1.807) is 0 Å². The summed E-state index contributed by atoms with van der Waals surface area (Å²) in [6, 6.07) is 6.48. The summed E-state index contributed by atoms with van der Waals surface area (Å²) in [5.74, 6) is 0.530. The van der Waals surface area contributed by atoms with Crippen LogP contribution in [0.25, 0.3) is 0 Å². The number of nitrogens with one attached hydrogen (secondary N) is 1. The number of rotatable bonds is 8. The number of esters is 1. The maximum Gasteiger partial charge on any atom is 0.344 e. The summed E-state index contributed by atoms with van der Waals surface area (Å²) in [5, 5.41) is 3.48. The van der Waals surface area contributed by atoms with E-state index in [9.17, 15) is 4.79 Å². The summed E-state index contributed by atoms with van der Waals surface area (Å²) < 4.78 is 10.8. The van der Waals surface area contributed by atoms with E-state index in [-0.39, 0.29) is 12.6 Å². The van der Waals surface area contributed by atoms with Gasteiger partial charge in [0.25, 0.3) is 0 Å². The molecule has 4 nitrogen and oxygen atoms in total. The van der Waals surface area contributed by atoms with Crippen molar-refractivity contribution in [3.63, 3.8) is 0 Å². The predicted octanol–water partition coefficient (Wildman–Crippen LogP) is 3.01. The maximum atomic E-state index is 11.6. The molecule has 0 saturated carbocycles. The molecule has 1 aromatic carbocycles. The van der Waals surface area contributed by atoms with Gasteiger partial charge in [0.05, 0.1) is 6.61 Å². The van der Waals surface area contributed by atoms with Gasteiger partial charge in [0, 0.05) is 6.04 Å². The first-order valence-electron chi connectivity index (χ1n) is 7.89. The Morgan fingerprint density at radius 3 is 3.00 bits per heavy atom. The highest BCUT2D eigenvalue weighted by Gasteiger charge is 2.24. The summed E-state index contributed by atoms with van der Waals surface area (Å²) in [5.41, 5.74) is 2.53. The third-order valence-electron chi connectivity index (χ3n) is 3.78. The van der Waals surface area contributed by atoms with Crippen molar-refractivity contribution in [2.45, 2.75) is 45.6 Å². The molecule has 2 rings (SSSR count). The average molecular weight is 291 g/mol. The van der Waals surface area contributed by atoms with E-state index in [1.165, 1.54) is 11.1 Å². The molecule has 1 atom stereocenters. The van der Waals surface area contributed by atoms with Crippen LogP contribution >= 0.6 is 0 Å². The summed E-state index contributed by atoms with van der Waals surface area (Å²) in [7, 11) is 0. The van der Waals surface area contributed by atoms with Gasteiger partial charge in [0.2, 0.25) is 0 Å². The molecule has 21 heavy (non-hydrogen) atoms. The lowest BCUT2D eigenvalue weighted by atomic mass is 10.1. The topological polar surface area (TPSA) is 47.6 Å². The Morgan fingerprint density at radius 1 is 1.38 bits per heavy atom. The Hall–Kier alpha value is -1.55. The minimum Gasteiger partial charge on any atom is -0.482 e. The van der Waals surface area contributed by atoms with E-state index in [4.69, 9.17) is 9.47 Å². The van der Waals surface area contributed by atoms with E-state index in [1.807, 2.05) is 12.1 Å². The van der Waals surface area contributed by atoms with Gasteiger partial charge in [-0.3, -0.25) is 0 Å². The fraction of sp³-hybridized carbons (Fsp3) is 0.588. The molecular weight excluding hydrogens is 266 g/mol. The number of hydrogen-bond acceptors (Lipinski definition) is 4. The highest BCUT2D eigenvalue weighted by atomic mass is 16.6. The second kappa shape index (κ2) is 8.03. The highest BCUT2D eigenvalue weighted by molar-refractivity contribution is 5.71. The van der Waals surface area contributed by atoms with Crippen LogP contribution in [0.4, 0.5) is 0 Å². The van der Waals surface area contributed by atoms with Crippen LogP contribution in [0.3, 0.4) is 0 Å². The average Bonchev–Trinajstić information content (AvgIpc) is 2.90. The zero-order valence-electron chi connectivity index (χ0n) is 13.0.